The van der Waals surface area contributed by atoms with E-state index in [9.17, 15) is 20.1 Å². The molecule has 104 valence electrons. The lowest BCUT2D eigenvalue weighted by atomic mass is 9.93. The summed E-state index contributed by atoms with van der Waals surface area (Å²) >= 11 is 0. The second-order valence-electron chi connectivity index (χ2n) is 5.10. The van der Waals surface area contributed by atoms with E-state index in [0.29, 0.717) is 32.4 Å². The lowest BCUT2D eigenvalue weighted by Crippen LogP contribution is -2.62. The minimum absolute atomic E-state index is 0.311. The van der Waals surface area contributed by atoms with Gasteiger partial charge in [-0.15, -0.1) is 0 Å². The van der Waals surface area contributed by atoms with Crippen LogP contribution in [0.5, 0.6) is 0 Å². The van der Waals surface area contributed by atoms with Crippen LogP contribution >= 0.6 is 0 Å². The predicted octanol–water partition coefficient (Wildman–Crippen LogP) is -1.13. The third-order valence-electron chi connectivity index (χ3n) is 3.76. The van der Waals surface area contributed by atoms with Gasteiger partial charge in [-0.05, 0) is 12.8 Å². The molecule has 2 aliphatic rings. The summed E-state index contributed by atoms with van der Waals surface area (Å²) in [5, 5.41) is 29.7. The molecule has 2 aliphatic heterocycles. The first-order valence-electron chi connectivity index (χ1n) is 6.52. The Hall–Kier alpha value is -0.690. The van der Waals surface area contributed by atoms with E-state index < -0.39 is 30.5 Å². The summed E-state index contributed by atoms with van der Waals surface area (Å²) in [6.45, 7) is 2.90. The van der Waals surface area contributed by atoms with E-state index in [-0.39, 0.29) is 5.97 Å². The number of ether oxygens (including phenoxy) is 1. The SMILES string of the molecule is CCCC(=O)O[C@H]1CN2[14CH2]C[C@H](O)[C@@H]2[C@@H](O)[C@@H]1O. The van der Waals surface area contributed by atoms with Gasteiger partial charge in [0, 0.05) is 19.5 Å². The van der Waals surface area contributed by atoms with Gasteiger partial charge in [0.2, 0.25) is 0 Å². The zero-order valence-electron chi connectivity index (χ0n) is 10.5. The molecule has 0 aromatic rings. The molecule has 0 unspecified atom stereocenters. The van der Waals surface area contributed by atoms with Crippen molar-refractivity contribution < 1.29 is 24.9 Å². The normalized spacial score (nSPS) is 40.6. The van der Waals surface area contributed by atoms with E-state index in [2.05, 4.69) is 0 Å². The molecule has 6 nitrogen and oxygen atoms in total. The zero-order valence-corrected chi connectivity index (χ0v) is 10.5. The number of carbonyl (C=O) groups is 1. The average Bonchev–Trinajstić information content (AvgIpc) is 2.67. The smallest absolute Gasteiger partial charge is 0.306 e. The van der Waals surface area contributed by atoms with Crippen molar-refractivity contribution in [2.45, 2.75) is 56.6 Å². The molecular formula is C12H21NO5. The Kier molecular flexibility index (Phi) is 4.21. The predicted molar refractivity (Wildman–Crippen MR) is 62.8 cm³/mol. The quantitative estimate of drug-likeness (QED) is 0.557. The molecule has 3 N–H and O–H groups in total. The first-order chi connectivity index (χ1) is 8.54. The number of hydrogen-bond acceptors (Lipinski definition) is 6. The molecule has 0 aromatic heterocycles. The summed E-state index contributed by atoms with van der Waals surface area (Å²) < 4.78 is 5.19. The summed E-state index contributed by atoms with van der Waals surface area (Å²) in [5.74, 6) is -0.355. The molecule has 2 heterocycles. The first-order valence-corrected chi connectivity index (χ1v) is 6.52. The highest BCUT2D eigenvalue weighted by Gasteiger charge is 2.49. The number of carbonyl (C=O) groups excluding carboxylic acids is 1. The molecular weight excluding hydrogens is 240 g/mol. The summed E-state index contributed by atoms with van der Waals surface area (Å²) in [6.07, 6.45) is -1.96. The van der Waals surface area contributed by atoms with Crippen LogP contribution in [0.3, 0.4) is 0 Å². The van der Waals surface area contributed by atoms with Crippen molar-refractivity contribution in [2.24, 2.45) is 0 Å². The maximum absolute atomic E-state index is 11.4. The van der Waals surface area contributed by atoms with Crippen LogP contribution < -0.4 is 0 Å². The van der Waals surface area contributed by atoms with Crippen molar-refractivity contribution in [1.82, 2.24) is 4.90 Å². The van der Waals surface area contributed by atoms with Crippen LogP contribution in [-0.4, -0.2) is 69.7 Å². The Morgan fingerprint density at radius 1 is 1.39 bits per heavy atom. The Bertz CT molecular complexity index is 311. The van der Waals surface area contributed by atoms with E-state index in [1.54, 1.807) is 0 Å². The molecule has 0 aliphatic carbocycles. The van der Waals surface area contributed by atoms with Gasteiger partial charge in [-0.3, -0.25) is 9.69 Å². The molecule has 18 heavy (non-hydrogen) atoms. The molecule has 2 saturated heterocycles. The number of hydrogen-bond donors (Lipinski definition) is 3. The average molecular weight is 261 g/mol. The van der Waals surface area contributed by atoms with E-state index >= 15 is 0 Å². The fourth-order valence-corrected chi connectivity index (χ4v) is 2.82. The second kappa shape index (κ2) is 5.52. The molecule has 5 atom stereocenters. The third-order valence-corrected chi connectivity index (χ3v) is 3.76. The number of fused-ring (bicyclic) bond motifs is 1. The van der Waals surface area contributed by atoms with Crippen LogP contribution in [0.1, 0.15) is 26.2 Å². The lowest BCUT2D eigenvalue weighted by molar-refractivity contribution is -0.178. The zero-order chi connectivity index (χ0) is 13.3. The van der Waals surface area contributed by atoms with Gasteiger partial charge in [0.25, 0.3) is 0 Å². The van der Waals surface area contributed by atoms with Crippen molar-refractivity contribution in [2.75, 3.05) is 13.1 Å². The van der Waals surface area contributed by atoms with Crippen LogP contribution in [0, 0.1) is 0 Å². The summed E-state index contributed by atoms with van der Waals surface area (Å²) in [7, 11) is 0. The number of piperidine rings is 1. The topological polar surface area (TPSA) is 90.2 Å². The van der Waals surface area contributed by atoms with Crippen LogP contribution in [0.25, 0.3) is 0 Å². The van der Waals surface area contributed by atoms with Gasteiger partial charge in [0.15, 0.2) is 0 Å². The van der Waals surface area contributed by atoms with Gasteiger partial charge in [-0.2, -0.15) is 0 Å². The van der Waals surface area contributed by atoms with E-state index in [1.165, 1.54) is 0 Å². The summed E-state index contributed by atoms with van der Waals surface area (Å²) in [5.41, 5.74) is 0. The van der Waals surface area contributed by atoms with Crippen LogP contribution in [0.2, 0.25) is 0 Å². The van der Waals surface area contributed by atoms with Gasteiger partial charge in [0.1, 0.15) is 18.3 Å². The highest BCUT2D eigenvalue weighted by Crippen LogP contribution is 2.29. The number of nitrogens with zero attached hydrogens (tertiary/aromatic N) is 1. The number of rotatable bonds is 3. The van der Waals surface area contributed by atoms with Gasteiger partial charge in [-0.1, -0.05) is 6.92 Å². The van der Waals surface area contributed by atoms with Gasteiger partial charge in [-0.25, -0.2) is 0 Å². The minimum atomic E-state index is -1.13. The van der Waals surface area contributed by atoms with Crippen LogP contribution in [0.15, 0.2) is 0 Å². The fourth-order valence-electron chi connectivity index (χ4n) is 2.82. The standard InChI is InChI=1S/C12H21NO5/c1-2-3-9(15)18-8-6-13-5-4-7(14)10(13)12(17)11(8)16/h7-8,10-12,14,16-17H,2-6H2,1H3/t7-,8-,10+,11+,12+/m0/s1/i5+2. The maximum Gasteiger partial charge on any atom is 0.306 e. The first kappa shape index (κ1) is 13.7. The Morgan fingerprint density at radius 3 is 2.78 bits per heavy atom. The molecule has 0 amide bonds. The van der Waals surface area contributed by atoms with Crippen molar-refractivity contribution in [3.8, 4) is 0 Å². The molecule has 0 saturated carbocycles. The highest BCUT2D eigenvalue weighted by molar-refractivity contribution is 5.69. The van der Waals surface area contributed by atoms with Gasteiger partial charge in [0.05, 0.1) is 12.1 Å². The molecule has 0 aromatic carbocycles. The summed E-state index contributed by atoms with van der Waals surface area (Å²) in [4.78, 5) is 13.3. The monoisotopic (exact) mass is 261 g/mol. The minimum Gasteiger partial charge on any atom is -0.458 e. The van der Waals surface area contributed by atoms with Crippen molar-refractivity contribution in [3.05, 3.63) is 0 Å². The van der Waals surface area contributed by atoms with Gasteiger partial charge < -0.3 is 20.1 Å². The van der Waals surface area contributed by atoms with Crippen molar-refractivity contribution in [3.63, 3.8) is 0 Å². The molecule has 0 spiro atoms. The Labute approximate surface area is 106 Å². The third kappa shape index (κ3) is 2.51. The highest BCUT2D eigenvalue weighted by atomic mass is 16.6. The van der Waals surface area contributed by atoms with E-state index in [1.807, 2.05) is 11.8 Å². The fraction of sp³-hybridized carbons (Fsp3) is 0.917. The van der Waals surface area contributed by atoms with E-state index in [0.717, 1.165) is 0 Å². The maximum atomic E-state index is 11.4. The molecule has 6 heteroatoms. The Morgan fingerprint density at radius 2 is 2.11 bits per heavy atom. The van der Waals surface area contributed by atoms with Crippen LogP contribution in [-0.2, 0) is 9.53 Å². The van der Waals surface area contributed by atoms with Crippen LogP contribution in [0.4, 0.5) is 0 Å². The molecule has 0 radical (unpaired) electrons. The molecule has 0 bridgehead atoms. The van der Waals surface area contributed by atoms with Gasteiger partial charge >= 0.3 is 5.97 Å². The second-order valence-corrected chi connectivity index (χ2v) is 5.10. The Balaban J connectivity index is 2.00. The molecule has 2 fully saturated rings. The number of aliphatic hydroxyl groups is 3. The number of aliphatic hydroxyl groups excluding tert-OH is 3. The van der Waals surface area contributed by atoms with E-state index in [4.69, 9.17) is 4.74 Å². The lowest BCUT2D eigenvalue weighted by Gasteiger charge is -2.42. The van der Waals surface area contributed by atoms with Crippen molar-refractivity contribution >= 4 is 5.97 Å². The number of esters is 1. The largest absolute Gasteiger partial charge is 0.458 e. The summed E-state index contributed by atoms with van der Waals surface area (Å²) in [6, 6.07) is -0.443. The van der Waals surface area contributed by atoms with Crippen molar-refractivity contribution in [1.29, 1.82) is 0 Å². The molecule has 2 rings (SSSR count).